The number of methoxy groups -OCH3 is 1. The van der Waals surface area contributed by atoms with E-state index in [2.05, 4.69) is 10.3 Å². The molecule has 0 aromatic heterocycles. The van der Waals surface area contributed by atoms with Crippen LogP contribution in [0.4, 0.5) is 10.5 Å². The quantitative estimate of drug-likeness (QED) is 0.410. The van der Waals surface area contributed by atoms with Crippen LogP contribution in [0.2, 0.25) is 0 Å². The van der Waals surface area contributed by atoms with E-state index in [4.69, 9.17) is 15.2 Å². The summed E-state index contributed by atoms with van der Waals surface area (Å²) in [4.78, 5) is 18.3. The molecule has 27 heavy (non-hydrogen) atoms. The Morgan fingerprint density at radius 2 is 1.96 bits per heavy atom. The fraction of sp³-hybridized carbons (Fsp3) is 0.600. The van der Waals surface area contributed by atoms with Gasteiger partial charge in [-0.05, 0) is 47.1 Å². The van der Waals surface area contributed by atoms with Crippen molar-refractivity contribution >= 4 is 17.7 Å². The molecule has 0 spiro atoms. The summed E-state index contributed by atoms with van der Waals surface area (Å²) in [6.45, 7) is 11.1. The Hall–Kier alpha value is -2.28. The Balaban J connectivity index is 2.56. The van der Waals surface area contributed by atoms with E-state index in [0.717, 1.165) is 11.3 Å². The molecule has 3 N–H and O–H groups in total. The highest BCUT2D eigenvalue weighted by molar-refractivity contribution is 5.92. The zero-order chi connectivity index (χ0) is 20.4. The second kappa shape index (κ2) is 10.8. The summed E-state index contributed by atoms with van der Waals surface area (Å²) in [6, 6.07) is 7.83. The van der Waals surface area contributed by atoms with Crippen LogP contribution in [-0.4, -0.2) is 48.8 Å². The molecule has 7 nitrogen and oxygen atoms in total. The van der Waals surface area contributed by atoms with Gasteiger partial charge in [0.05, 0.1) is 6.61 Å². The number of carbonyl (C=O) groups is 1. The number of hydrogen-bond donors (Lipinski definition) is 2. The summed E-state index contributed by atoms with van der Waals surface area (Å²) in [5.74, 6) is 0.340. The maximum Gasteiger partial charge on any atom is 0.410 e. The molecule has 152 valence electrons. The molecule has 0 aliphatic heterocycles. The first-order chi connectivity index (χ1) is 12.6. The van der Waals surface area contributed by atoms with Gasteiger partial charge in [0, 0.05) is 37.5 Å². The van der Waals surface area contributed by atoms with E-state index in [-0.39, 0.29) is 12.1 Å². The minimum absolute atomic E-state index is 0.0558. The molecule has 1 rings (SSSR count). The van der Waals surface area contributed by atoms with E-state index in [1.54, 1.807) is 12.0 Å². The van der Waals surface area contributed by atoms with Crippen molar-refractivity contribution in [3.63, 3.8) is 0 Å². The summed E-state index contributed by atoms with van der Waals surface area (Å²) >= 11 is 0. The van der Waals surface area contributed by atoms with E-state index in [1.807, 2.05) is 58.9 Å². The monoisotopic (exact) mass is 378 g/mol. The maximum atomic E-state index is 12.3. The highest BCUT2D eigenvalue weighted by atomic mass is 16.6. The summed E-state index contributed by atoms with van der Waals surface area (Å²) < 4.78 is 10.6. The molecular formula is C20H34N4O3. The molecule has 0 atom stereocenters. The van der Waals surface area contributed by atoms with Crippen molar-refractivity contribution in [1.29, 1.82) is 0 Å². The largest absolute Gasteiger partial charge is 0.444 e. The van der Waals surface area contributed by atoms with Gasteiger partial charge in [0.1, 0.15) is 5.60 Å². The lowest BCUT2D eigenvalue weighted by molar-refractivity contribution is 0.0190. The number of para-hydroxylation sites is 1. The number of benzene rings is 1. The first-order valence-corrected chi connectivity index (χ1v) is 9.27. The SMILES string of the molecule is COCc1ccccc1NC(N)=NCCCN(C(=O)OC(C)(C)C)C(C)C. The van der Waals surface area contributed by atoms with Crippen molar-refractivity contribution in [2.24, 2.45) is 10.7 Å². The molecule has 0 unspecified atom stereocenters. The van der Waals surface area contributed by atoms with Crippen LogP contribution in [0.25, 0.3) is 0 Å². The van der Waals surface area contributed by atoms with Gasteiger partial charge in [-0.3, -0.25) is 4.99 Å². The number of nitrogens with zero attached hydrogens (tertiary/aromatic N) is 2. The normalized spacial score (nSPS) is 12.2. The number of anilines is 1. The Kier molecular flexibility index (Phi) is 9.08. The zero-order valence-corrected chi connectivity index (χ0v) is 17.4. The summed E-state index contributed by atoms with van der Waals surface area (Å²) in [7, 11) is 1.65. The van der Waals surface area contributed by atoms with Crippen molar-refractivity contribution in [3.8, 4) is 0 Å². The Labute approximate surface area is 162 Å². The van der Waals surface area contributed by atoms with Crippen molar-refractivity contribution < 1.29 is 14.3 Å². The summed E-state index contributed by atoms with van der Waals surface area (Å²) in [6.07, 6.45) is 0.389. The van der Waals surface area contributed by atoms with Gasteiger partial charge in [-0.15, -0.1) is 0 Å². The average Bonchev–Trinajstić information content (AvgIpc) is 2.54. The standard InChI is InChI=1S/C20H34N4O3/c1-15(2)24(19(25)27-20(3,4)5)13-9-12-22-18(21)23-17-11-8-7-10-16(17)14-26-6/h7-8,10-11,15H,9,12-14H2,1-6H3,(H3,21,22,23). The predicted molar refractivity (Wildman–Crippen MR) is 110 cm³/mol. The van der Waals surface area contributed by atoms with Crippen molar-refractivity contribution in [2.75, 3.05) is 25.5 Å². The average molecular weight is 379 g/mol. The Morgan fingerprint density at radius 3 is 2.56 bits per heavy atom. The van der Waals surface area contributed by atoms with Gasteiger partial charge in [-0.25, -0.2) is 4.79 Å². The number of ether oxygens (including phenoxy) is 2. The van der Waals surface area contributed by atoms with Gasteiger partial charge in [-0.1, -0.05) is 18.2 Å². The molecule has 0 fully saturated rings. The van der Waals surface area contributed by atoms with Crippen molar-refractivity contribution in [2.45, 2.75) is 59.3 Å². The zero-order valence-electron chi connectivity index (χ0n) is 17.4. The van der Waals surface area contributed by atoms with Crippen LogP contribution in [0.5, 0.6) is 0 Å². The second-order valence-electron chi connectivity index (χ2n) is 7.60. The molecule has 0 aliphatic carbocycles. The lowest BCUT2D eigenvalue weighted by Gasteiger charge is -2.30. The van der Waals surface area contributed by atoms with Crippen LogP contribution in [-0.2, 0) is 16.1 Å². The fourth-order valence-electron chi connectivity index (χ4n) is 2.42. The first-order valence-electron chi connectivity index (χ1n) is 9.27. The van der Waals surface area contributed by atoms with Crippen LogP contribution in [0.3, 0.4) is 0 Å². The smallest absolute Gasteiger partial charge is 0.410 e. The number of nitrogens with two attached hydrogens (primary N) is 1. The maximum absolute atomic E-state index is 12.3. The van der Waals surface area contributed by atoms with Crippen molar-refractivity contribution in [3.05, 3.63) is 29.8 Å². The number of carbonyl (C=O) groups excluding carboxylic acids is 1. The van der Waals surface area contributed by atoms with Crippen molar-refractivity contribution in [1.82, 2.24) is 4.90 Å². The highest BCUT2D eigenvalue weighted by Crippen LogP contribution is 2.15. The Morgan fingerprint density at radius 1 is 1.30 bits per heavy atom. The predicted octanol–water partition coefficient (Wildman–Crippen LogP) is 3.60. The molecule has 0 saturated heterocycles. The van der Waals surface area contributed by atoms with Crippen LogP contribution in [0, 0.1) is 0 Å². The second-order valence-corrected chi connectivity index (χ2v) is 7.60. The number of nitrogens with one attached hydrogen (secondary N) is 1. The minimum atomic E-state index is -0.508. The molecule has 1 aromatic rings. The summed E-state index contributed by atoms with van der Waals surface area (Å²) in [5.41, 5.74) is 7.36. The van der Waals surface area contributed by atoms with Crippen LogP contribution >= 0.6 is 0 Å². The third-order valence-electron chi connectivity index (χ3n) is 3.67. The van der Waals surface area contributed by atoms with Gasteiger partial charge >= 0.3 is 6.09 Å². The van der Waals surface area contributed by atoms with Gasteiger partial charge < -0.3 is 25.4 Å². The molecule has 1 amide bonds. The highest BCUT2D eigenvalue weighted by Gasteiger charge is 2.23. The molecule has 0 radical (unpaired) electrons. The molecule has 7 heteroatoms. The van der Waals surface area contributed by atoms with Crippen LogP contribution < -0.4 is 11.1 Å². The molecular weight excluding hydrogens is 344 g/mol. The van der Waals surface area contributed by atoms with E-state index in [9.17, 15) is 4.79 Å². The number of aliphatic imine (C=N–C) groups is 1. The molecule has 0 aliphatic rings. The van der Waals surface area contributed by atoms with Gasteiger partial charge in [0.15, 0.2) is 5.96 Å². The van der Waals surface area contributed by atoms with E-state index >= 15 is 0 Å². The molecule has 0 saturated carbocycles. The van der Waals surface area contributed by atoms with E-state index < -0.39 is 5.60 Å². The third kappa shape index (κ3) is 8.77. The van der Waals surface area contributed by atoms with Gasteiger partial charge in [0.2, 0.25) is 0 Å². The molecule has 0 bridgehead atoms. The fourth-order valence-corrected chi connectivity index (χ4v) is 2.42. The number of hydrogen-bond acceptors (Lipinski definition) is 4. The van der Waals surface area contributed by atoms with Crippen LogP contribution in [0.15, 0.2) is 29.3 Å². The lowest BCUT2D eigenvalue weighted by Crippen LogP contribution is -2.41. The lowest BCUT2D eigenvalue weighted by atomic mass is 10.2. The van der Waals surface area contributed by atoms with Crippen LogP contribution in [0.1, 0.15) is 46.6 Å². The minimum Gasteiger partial charge on any atom is -0.444 e. The number of rotatable bonds is 8. The number of amides is 1. The first kappa shape index (κ1) is 22.8. The van der Waals surface area contributed by atoms with E-state index in [0.29, 0.717) is 32.1 Å². The third-order valence-corrected chi connectivity index (χ3v) is 3.67. The van der Waals surface area contributed by atoms with Gasteiger partial charge in [0.25, 0.3) is 0 Å². The van der Waals surface area contributed by atoms with E-state index in [1.165, 1.54) is 0 Å². The number of guanidine groups is 1. The van der Waals surface area contributed by atoms with Gasteiger partial charge in [-0.2, -0.15) is 0 Å². The topological polar surface area (TPSA) is 89.2 Å². The summed E-state index contributed by atoms with van der Waals surface area (Å²) in [5, 5.41) is 3.10. The molecule has 0 heterocycles. The Bertz CT molecular complexity index is 624. The molecule has 1 aromatic carbocycles.